The molecule has 0 radical (unpaired) electrons. The van der Waals surface area contributed by atoms with Crippen molar-refractivity contribution in [3.63, 3.8) is 0 Å². The molecule has 0 saturated heterocycles. The van der Waals surface area contributed by atoms with E-state index < -0.39 is 17.9 Å². The second-order valence-electron chi connectivity index (χ2n) is 4.86. The van der Waals surface area contributed by atoms with Crippen molar-refractivity contribution < 1.29 is 9.59 Å². The minimum atomic E-state index is -0.713. The Morgan fingerprint density at radius 2 is 2.12 bits per heavy atom. The quantitative estimate of drug-likeness (QED) is 0.455. The van der Waals surface area contributed by atoms with Crippen molar-refractivity contribution in [3.8, 4) is 0 Å². The van der Waals surface area contributed by atoms with E-state index >= 15 is 0 Å². The lowest BCUT2D eigenvalue weighted by molar-refractivity contribution is -0.118. The first-order valence-corrected chi connectivity index (χ1v) is 8.80. The summed E-state index contributed by atoms with van der Waals surface area (Å²) in [5.74, 6) is -0.715. The van der Waals surface area contributed by atoms with Gasteiger partial charge in [-0.05, 0) is 47.5 Å². The van der Waals surface area contributed by atoms with E-state index in [-0.39, 0.29) is 11.5 Å². The van der Waals surface area contributed by atoms with Gasteiger partial charge in [-0.15, -0.1) is 0 Å². The second-order valence-corrected chi connectivity index (χ2v) is 6.71. The van der Waals surface area contributed by atoms with Crippen molar-refractivity contribution in [1.82, 2.24) is 14.3 Å². The van der Waals surface area contributed by atoms with Crippen LogP contribution in [0.1, 0.15) is 29.5 Å². The third-order valence-corrected chi connectivity index (χ3v) is 5.64. The van der Waals surface area contributed by atoms with Gasteiger partial charge in [0.2, 0.25) is 5.91 Å². The number of aryl methyl sites for hydroxylation is 1. The number of carbonyl (C=O) groups is 2. The molecule has 9 nitrogen and oxygen atoms in total. The van der Waals surface area contributed by atoms with Gasteiger partial charge in [-0.2, -0.15) is 4.37 Å². The molecule has 0 fully saturated rings. The van der Waals surface area contributed by atoms with Crippen molar-refractivity contribution in [3.05, 3.63) is 21.2 Å². The Hall–Kier alpha value is -2.02. The van der Waals surface area contributed by atoms with Crippen molar-refractivity contribution >= 4 is 62.6 Å². The van der Waals surface area contributed by atoms with Gasteiger partial charge < -0.3 is 22.1 Å². The van der Waals surface area contributed by atoms with E-state index in [9.17, 15) is 9.59 Å². The normalized spacial score (nSPS) is 11.8. The number of hydrogen-bond acceptors (Lipinski definition) is 8. The zero-order valence-corrected chi connectivity index (χ0v) is 15.9. The molecule has 0 spiro atoms. The molecule has 1 unspecified atom stereocenters. The number of nitrogens with one attached hydrogen (secondary N) is 2. The molecular formula is C13H16IN7O2S. The molecule has 11 heteroatoms. The zero-order valence-electron chi connectivity index (χ0n) is 13.0. The number of amides is 2. The summed E-state index contributed by atoms with van der Waals surface area (Å²) in [5.41, 5.74) is 11.5. The Bertz CT molecular complexity index is 780. The first kappa shape index (κ1) is 18.3. The molecule has 2 heterocycles. The van der Waals surface area contributed by atoms with Crippen LogP contribution in [-0.2, 0) is 4.79 Å². The summed E-state index contributed by atoms with van der Waals surface area (Å²) in [6, 6.07) is -0.586. The summed E-state index contributed by atoms with van der Waals surface area (Å²) in [5, 5.41) is 6.63. The molecule has 24 heavy (non-hydrogen) atoms. The minimum absolute atomic E-state index is 0.00507. The van der Waals surface area contributed by atoms with Gasteiger partial charge in [-0.3, -0.25) is 9.59 Å². The highest BCUT2D eigenvalue weighted by Gasteiger charge is 2.18. The first-order valence-electron chi connectivity index (χ1n) is 6.95. The fourth-order valence-electron chi connectivity index (χ4n) is 1.82. The summed E-state index contributed by atoms with van der Waals surface area (Å²) in [6.07, 6.45) is 1.82. The maximum Gasteiger partial charge on any atom is 0.271 e. The molecule has 0 aromatic carbocycles. The Labute approximate surface area is 155 Å². The lowest BCUT2D eigenvalue weighted by Gasteiger charge is -2.15. The Balaban J connectivity index is 2.36. The van der Waals surface area contributed by atoms with Crippen LogP contribution in [0.2, 0.25) is 0 Å². The highest BCUT2D eigenvalue weighted by molar-refractivity contribution is 14.1. The van der Waals surface area contributed by atoms with Gasteiger partial charge in [-0.1, -0.05) is 6.92 Å². The van der Waals surface area contributed by atoms with Crippen molar-refractivity contribution in [2.24, 2.45) is 11.5 Å². The van der Waals surface area contributed by atoms with Gasteiger partial charge >= 0.3 is 0 Å². The summed E-state index contributed by atoms with van der Waals surface area (Å²) < 4.78 is 5.14. The highest BCUT2D eigenvalue weighted by atomic mass is 127. The summed E-state index contributed by atoms with van der Waals surface area (Å²) in [4.78, 5) is 31.2. The van der Waals surface area contributed by atoms with E-state index in [1.807, 2.05) is 13.8 Å². The molecular weight excluding hydrogens is 445 g/mol. The SMILES string of the molecule is CCC(Nc1cnc(C(N)=O)c(Nc2snc(C)c2I)n1)C(N)=O. The molecule has 0 aliphatic carbocycles. The molecule has 0 saturated carbocycles. The molecule has 1 atom stereocenters. The first-order chi connectivity index (χ1) is 11.3. The number of nitrogens with two attached hydrogens (primary N) is 2. The van der Waals surface area contributed by atoms with Crippen LogP contribution < -0.4 is 22.1 Å². The molecule has 2 aromatic rings. The van der Waals surface area contributed by atoms with Crippen LogP contribution in [0.3, 0.4) is 0 Å². The fraction of sp³-hybridized carbons (Fsp3) is 0.308. The van der Waals surface area contributed by atoms with E-state index in [2.05, 4.69) is 47.6 Å². The molecule has 2 amide bonds. The maximum atomic E-state index is 11.6. The lowest BCUT2D eigenvalue weighted by atomic mass is 10.2. The molecule has 6 N–H and O–H groups in total. The molecule has 0 aliphatic heterocycles. The number of aromatic nitrogens is 3. The molecule has 0 aliphatic rings. The molecule has 0 bridgehead atoms. The van der Waals surface area contributed by atoms with E-state index in [0.717, 1.165) is 14.3 Å². The van der Waals surface area contributed by atoms with Gasteiger partial charge in [0.15, 0.2) is 11.5 Å². The predicted molar refractivity (Wildman–Crippen MR) is 100 cm³/mol. The number of primary amides is 2. The number of anilines is 3. The fourth-order valence-corrected chi connectivity index (χ4v) is 3.23. The predicted octanol–water partition coefficient (Wildman–Crippen LogP) is 1.36. The van der Waals surface area contributed by atoms with Crippen molar-refractivity contribution in [2.45, 2.75) is 26.3 Å². The molecule has 2 rings (SSSR count). The minimum Gasteiger partial charge on any atom is -0.368 e. The number of hydrogen-bond donors (Lipinski definition) is 4. The largest absolute Gasteiger partial charge is 0.368 e. The lowest BCUT2D eigenvalue weighted by Crippen LogP contribution is -2.35. The number of carbonyl (C=O) groups excluding carboxylic acids is 2. The van der Waals surface area contributed by atoms with Gasteiger partial charge in [-0.25, -0.2) is 9.97 Å². The van der Waals surface area contributed by atoms with Crippen LogP contribution in [-0.4, -0.2) is 32.2 Å². The smallest absolute Gasteiger partial charge is 0.271 e. The molecule has 128 valence electrons. The van der Waals surface area contributed by atoms with Crippen LogP contribution in [0.5, 0.6) is 0 Å². The topological polar surface area (TPSA) is 149 Å². The van der Waals surface area contributed by atoms with Gasteiger partial charge in [0.05, 0.1) is 15.5 Å². The van der Waals surface area contributed by atoms with E-state index in [1.165, 1.54) is 17.7 Å². The van der Waals surface area contributed by atoms with Crippen LogP contribution in [0.25, 0.3) is 0 Å². The summed E-state index contributed by atoms with van der Waals surface area (Å²) in [7, 11) is 0. The van der Waals surface area contributed by atoms with Gasteiger partial charge in [0.25, 0.3) is 5.91 Å². The second kappa shape index (κ2) is 7.70. The van der Waals surface area contributed by atoms with E-state index in [1.54, 1.807) is 0 Å². The van der Waals surface area contributed by atoms with Gasteiger partial charge in [0.1, 0.15) is 16.9 Å². The molecule has 2 aromatic heterocycles. The maximum absolute atomic E-state index is 11.6. The number of halogens is 1. The zero-order chi connectivity index (χ0) is 17.9. The Morgan fingerprint density at radius 3 is 2.62 bits per heavy atom. The summed E-state index contributed by atoms with van der Waals surface area (Å²) in [6.45, 7) is 3.69. The third kappa shape index (κ3) is 4.08. The van der Waals surface area contributed by atoms with Crippen LogP contribution in [0.15, 0.2) is 6.20 Å². The Morgan fingerprint density at radius 1 is 1.42 bits per heavy atom. The average molecular weight is 461 g/mol. The highest BCUT2D eigenvalue weighted by Crippen LogP contribution is 2.29. The standard InChI is InChI=1S/C13H16IN7O2S/c1-3-6(10(15)22)18-7-4-17-9(11(16)23)12(19-7)20-13-8(14)5(2)21-24-13/h4,6H,3H2,1-2H3,(H2,15,22)(H2,16,23)(H2,18,19,20). The van der Waals surface area contributed by atoms with Gasteiger partial charge in [0, 0.05) is 0 Å². The third-order valence-electron chi connectivity index (χ3n) is 3.10. The number of rotatable bonds is 7. The summed E-state index contributed by atoms with van der Waals surface area (Å²) >= 11 is 3.38. The van der Waals surface area contributed by atoms with Crippen LogP contribution in [0, 0.1) is 10.5 Å². The van der Waals surface area contributed by atoms with Crippen molar-refractivity contribution in [1.29, 1.82) is 0 Å². The number of nitrogens with zero attached hydrogens (tertiary/aromatic N) is 3. The van der Waals surface area contributed by atoms with E-state index in [4.69, 9.17) is 11.5 Å². The van der Waals surface area contributed by atoms with Crippen molar-refractivity contribution in [2.75, 3.05) is 10.6 Å². The Kier molecular flexibility index (Phi) is 5.88. The monoisotopic (exact) mass is 461 g/mol. The van der Waals surface area contributed by atoms with Crippen LogP contribution in [0.4, 0.5) is 16.6 Å². The van der Waals surface area contributed by atoms with Crippen LogP contribution >= 0.6 is 34.1 Å². The van der Waals surface area contributed by atoms with E-state index in [0.29, 0.717) is 12.2 Å². The average Bonchev–Trinajstić information content (AvgIpc) is 2.84.